The predicted molar refractivity (Wildman–Crippen MR) is 93.1 cm³/mol. The Hall–Kier alpha value is -2.30. The van der Waals surface area contributed by atoms with Crippen LogP contribution in [-0.2, 0) is 16.6 Å². The summed E-state index contributed by atoms with van der Waals surface area (Å²) in [6, 6.07) is 4.83. The molecule has 3 heterocycles. The van der Waals surface area contributed by atoms with Crippen molar-refractivity contribution in [2.24, 2.45) is 0 Å². The predicted octanol–water partition coefficient (Wildman–Crippen LogP) is 1.13. The van der Waals surface area contributed by atoms with Crippen LogP contribution in [0.2, 0.25) is 5.02 Å². The van der Waals surface area contributed by atoms with E-state index in [1.165, 1.54) is 15.2 Å². The third-order valence-electron chi connectivity index (χ3n) is 4.30. The summed E-state index contributed by atoms with van der Waals surface area (Å²) in [4.78, 5) is 1.75. The summed E-state index contributed by atoms with van der Waals surface area (Å²) in [5, 5.41) is 16.6. The lowest BCUT2D eigenvalue weighted by atomic mass is 10.2. The summed E-state index contributed by atoms with van der Waals surface area (Å²) in [5.41, 5.74) is 1.39. The van der Waals surface area contributed by atoms with E-state index in [2.05, 4.69) is 20.5 Å². The van der Waals surface area contributed by atoms with Crippen LogP contribution < -0.4 is 0 Å². The van der Waals surface area contributed by atoms with E-state index in [0.29, 0.717) is 35.9 Å². The number of hydrogen-bond donors (Lipinski definition) is 0. The molecule has 0 amide bonds. The smallest absolute Gasteiger partial charge is 0.243 e. The average Bonchev–Trinajstić information content (AvgIpc) is 3.21. The molecule has 1 aromatic carbocycles. The Labute approximate surface area is 155 Å². The van der Waals surface area contributed by atoms with E-state index in [1.54, 1.807) is 42.3 Å². The van der Waals surface area contributed by atoms with Gasteiger partial charge in [0.2, 0.25) is 10.0 Å². The fraction of sp³-hybridized carbons (Fsp3) is 0.333. The average molecular weight is 394 g/mol. The molecular formula is C15H16ClN7O2S. The van der Waals surface area contributed by atoms with Crippen LogP contribution in [0.25, 0.3) is 0 Å². The van der Waals surface area contributed by atoms with Gasteiger partial charge >= 0.3 is 0 Å². The Bertz CT molecular complexity index is 1030. The summed E-state index contributed by atoms with van der Waals surface area (Å²) in [6.45, 7) is 2.87. The molecule has 1 aliphatic rings. The highest BCUT2D eigenvalue weighted by atomic mass is 35.5. The molecule has 11 heteroatoms. The normalized spacial score (nSPS) is 15.9. The first kappa shape index (κ1) is 17.1. The van der Waals surface area contributed by atoms with Gasteiger partial charge in [-0.3, -0.25) is 0 Å². The first-order valence-corrected chi connectivity index (χ1v) is 9.76. The number of nitrogens with zero attached hydrogens (tertiary/aromatic N) is 7. The lowest BCUT2D eigenvalue weighted by Crippen LogP contribution is -2.50. The Kier molecular flexibility index (Phi) is 4.25. The van der Waals surface area contributed by atoms with Crippen LogP contribution in [0, 0.1) is 6.92 Å². The lowest BCUT2D eigenvalue weighted by Gasteiger charge is -2.37. The molecule has 0 saturated carbocycles. The molecule has 4 rings (SSSR count). The van der Waals surface area contributed by atoms with Gasteiger partial charge in [0.25, 0.3) is 0 Å². The summed E-state index contributed by atoms with van der Waals surface area (Å²) >= 11 is 5.96. The number of rotatable bonds is 5. The highest BCUT2D eigenvalue weighted by Gasteiger charge is 2.39. The zero-order chi connectivity index (χ0) is 18.3. The minimum absolute atomic E-state index is 0.0453. The van der Waals surface area contributed by atoms with Gasteiger partial charge in [-0.05, 0) is 24.6 Å². The minimum Gasteiger partial charge on any atom is -0.246 e. The lowest BCUT2D eigenvalue weighted by molar-refractivity contribution is 0.188. The maximum atomic E-state index is 12.8. The maximum Gasteiger partial charge on any atom is 0.243 e. The number of hydrogen-bond acceptors (Lipinski definition) is 6. The van der Waals surface area contributed by atoms with Gasteiger partial charge in [-0.15, -0.1) is 5.10 Å². The zero-order valence-electron chi connectivity index (χ0n) is 13.9. The molecule has 1 saturated heterocycles. The number of aromatic nitrogens is 6. The maximum absolute atomic E-state index is 12.8. The molecule has 3 aromatic rings. The molecule has 0 atom stereocenters. The standard InChI is InChI=1S/C15H16ClN7O2S/c1-11-2-3-12(16)6-15(11)26(24,25)21-9-14(10-21)22-7-13(19-20-22)8-23-17-4-5-18-23/h2-7,14H,8-10H2,1H3. The Morgan fingerprint density at radius 3 is 2.69 bits per heavy atom. The first-order chi connectivity index (χ1) is 12.4. The second-order valence-electron chi connectivity index (χ2n) is 6.14. The van der Waals surface area contributed by atoms with E-state index in [4.69, 9.17) is 11.6 Å². The highest BCUT2D eigenvalue weighted by molar-refractivity contribution is 7.89. The molecule has 0 aliphatic carbocycles. The molecule has 0 radical (unpaired) electrons. The van der Waals surface area contributed by atoms with Gasteiger partial charge in [0.1, 0.15) is 12.2 Å². The van der Waals surface area contributed by atoms with E-state index in [-0.39, 0.29) is 10.9 Å². The van der Waals surface area contributed by atoms with E-state index in [0.717, 1.165) is 0 Å². The summed E-state index contributed by atoms with van der Waals surface area (Å²) in [5.74, 6) is 0. The van der Waals surface area contributed by atoms with E-state index >= 15 is 0 Å². The largest absolute Gasteiger partial charge is 0.246 e. The van der Waals surface area contributed by atoms with Crippen LogP contribution in [0.1, 0.15) is 17.3 Å². The van der Waals surface area contributed by atoms with Crippen LogP contribution in [0.4, 0.5) is 0 Å². The van der Waals surface area contributed by atoms with Gasteiger partial charge in [0, 0.05) is 18.1 Å². The summed E-state index contributed by atoms with van der Waals surface area (Å²) < 4.78 is 28.7. The molecule has 9 nitrogen and oxygen atoms in total. The van der Waals surface area contributed by atoms with Crippen molar-refractivity contribution in [2.75, 3.05) is 13.1 Å². The fourth-order valence-corrected chi connectivity index (χ4v) is 4.81. The Morgan fingerprint density at radius 1 is 1.23 bits per heavy atom. The van der Waals surface area contributed by atoms with Gasteiger partial charge in [-0.1, -0.05) is 22.9 Å². The van der Waals surface area contributed by atoms with Crippen LogP contribution >= 0.6 is 11.6 Å². The topological polar surface area (TPSA) is 98.8 Å². The van der Waals surface area contributed by atoms with Gasteiger partial charge in [-0.25, -0.2) is 13.1 Å². The zero-order valence-corrected chi connectivity index (χ0v) is 15.5. The van der Waals surface area contributed by atoms with Crippen LogP contribution in [-0.4, -0.2) is 55.8 Å². The van der Waals surface area contributed by atoms with Gasteiger partial charge < -0.3 is 0 Å². The Morgan fingerprint density at radius 2 is 1.96 bits per heavy atom. The van der Waals surface area contributed by atoms with Crippen molar-refractivity contribution in [3.63, 3.8) is 0 Å². The second-order valence-corrected chi connectivity index (χ2v) is 8.48. The van der Waals surface area contributed by atoms with Gasteiger partial charge in [-0.2, -0.15) is 19.3 Å². The number of benzene rings is 1. The Balaban J connectivity index is 1.45. The second kappa shape index (κ2) is 6.45. The first-order valence-electron chi connectivity index (χ1n) is 7.94. The molecule has 1 aliphatic heterocycles. The van der Waals surface area contributed by atoms with Crippen LogP contribution in [0.5, 0.6) is 0 Å². The van der Waals surface area contributed by atoms with Crippen molar-refractivity contribution in [3.8, 4) is 0 Å². The van der Waals surface area contributed by atoms with Gasteiger partial charge in [0.05, 0.1) is 29.5 Å². The molecule has 0 unspecified atom stereocenters. The number of sulfonamides is 1. The molecule has 0 spiro atoms. The molecule has 26 heavy (non-hydrogen) atoms. The molecule has 0 bridgehead atoms. The van der Waals surface area contributed by atoms with Crippen molar-refractivity contribution < 1.29 is 8.42 Å². The monoisotopic (exact) mass is 393 g/mol. The van der Waals surface area contributed by atoms with E-state index in [9.17, 15) is 8.42 Å². The molecule has 1 fully saturated rings. The van der Waals surface area contributed by atoms with Crippen molar-refractivity contribution in [1.82, 2.24) is 34.3 Å². The molecule has 136 valence electrons. The fourth-order valence-electron chi connectivity index (χ4n) is 2.81. The van der Waals surface area contributed by atoms with Crippen molar-refractivity contribution >= 4 is 21.6 Å². The quantitative estimate of drug-likeness (QED) is 0.644. The molecule has 2 aromatic heterocycles. The number of aryl methyl sites for hydroxylation is 1. The third-order valence-corrected chi connectivity index (χ3v) is 6.51. The van der Waals surface area contributed by atoms with Crippen molar-refractivity contribution in [3.05, 3.63) is 53.1 Å². The van der Waals surface area contributed by atoms with Crippen LogP contribution in [0.15, 0.2) is 41.7 Å². The highest BCUT2D eigenvalue weighted by Crippen LogP contribution is 2.30. The SMILES string of the molecule is Cc1ccc(Cl)cc1S(=O)(=O)N1CC(n2cc(Cn3nccn3)nn2)C1. The minimum atomic E-state index is -3.57. The van der Waals surface area contributed by atoms with Crippen molar-refractivity contribution in [2.45, 2.75) is 24.4 Å². The third kappa shape index (κ3) is 3.11. The van der Waals surface area contributed by atoms with Gasteiger partial charge in [0.15, 0.2) is 0 Å². The summed E-state index contributed by atoms with van der Waals surface area (Å²) in [6.07, 6.45) is 4.98. The van der Waals surface area contributed by atoms with Crippen LogP contribution in [0.3, 0.4) is 0 Å². The number of halogens is 1. The van der Waals surface area contributed by atoms with E-state index in [1.807, 2.05) is 0 Å². The molecular weight excluding hydrogens is 378 g/mol. The van der Waals surface area contributed by atoms with E-state index < -0.39 is 10.0 Å². The summed E-state index contributed by atoms with van der Waals surface area (Å²) in [7, 11) is -3.57. The van der Waals surface area contributed by atoms with Crippen molar-refractivity contribution in [1.29, 1.82) is 0 Å². The molecule has 0 N–H and O–H groups in total.